The zero-order valence-electron chi connectivity index (χ0n) is 21.6. The molecule has 0 spiro atoms. The molecule has 4 rings (SSSR count). The molecule has 0 atom stereocenters. The van der Waals surface area contributed by atoms with Crippen LogP contribution in [0.25, 0.3) is 21.5 Å². The van der Waals surface area contributed by atoms with Gasteiger partial charge in [0.2, 0.25) is 0 Å². The molecule has 37 heavy (non-hydrogen) atoms. The van der Waals surface area contributed by atoms with Crippen LogP contribution in [0.15, 0.2) is 70.5 Å². The van der Waals surface area contributed by atoms with E-state index in [0.717, 1.165) is 47.2 Å². The van der Waals surface area contributed by atoms with E-state index in [9.17, 15) is 25.9 Å². The van der Waals surface area contributed by atoms with Gasteiger partial charge in [0.25, 0.3) is 0 Å². The predicted molar refractivity (Wildman–Crippen MR) is 147 cm³/mol. The van der Waals surface area contributed by atoms with E-state index < -0.39 is 20.2 Å². The molecule has 0 unspecified atom stereocenters. The van der Waals surface area contributed by atoms with Gasteiger partial charge in [-0.3, -0.25) is 0 Å². The summed E-state index contributed by atoms with van der Waals surface area (Å²) in [7, 11) is -8.76. The third-order valence-electron chi connectivity index (χ3n) is 6.36. The maximum Gasteiger partial charge on any atom is 2.00 e. The van der Waals surface area contributed by atoms with Crippen molar-refractivity contribution in [1.29, 1.82) is 0 Å². The van der Waals surface area contributed by atoms with Crippen LogP contribution < -0.4 is 0 Å². The van der Waals surface area contributed by atoms with Crippen LogP contribution in [0.5, 0.6) is 0 Å². The van der Waals surface area contributed by atoms with E-state index in [1.165, 1.54) is 46.5 Å². The molecular weight excluding hydrogens is 537 g/mol. The first-order valence-corrected chi connectivity index (χ1v) is 14.8. The summed E-state index contributed by atoms with van der Waals surface area (Å²) in [5.41, 5.74) is 4.93. The van der Waals surface area contributed by atoms with Gasteiger partial charge in [0.05, 0.1) is 9.79 Å². The maximum atomic E-state index is 11.0. The first kappa shape index (κ1) is 31.7. The van der Waals surface area contributed by atoms with Gasteiger partial charge in [-0.25, -0.2) is 16.8 Å². The molecule has 0 aliphatic carbocycles. The van der Waals surface area contributed by atoms with Gasteiger partial charge in [0, 0.05) is 0 Å². The Balaban J connectivity index is 0.000000253. The van der Waals surface area contributed by atoms with Gasteiger partial charge in [0.15, 0.2) is 0 Å². The van der Waals surface area contributed by atoms with Crippen LogP contribution in [-0.2, 0) is 45.9 Å². The Morgan fingerprint density at radius 3 is 1.00 bits per heavy atom. The van der Waals surface area contributed by atoms with Crippen molar-refractivity contribution >= 4 is 79.5 Å². The molecule has 4 aromatic rings. The van der Waals surface area contributed by atoms with Gasteiger partial charge < -0.3 is 9.11 Å². The fourth-order valence-electron chi connectivity index (χ4n) is 4.37. The Kier molecular flexibility index (Phi) is 11.2. The summed E-state index contributed by atoms with van der Waals surface area (Å²) in [5, 5.41) is 3.55. The fourth-order valence-corrected chi connectivity index (χ4v) is 5.38. The summed E-state index contributed by atoms with van der Waals surface area (Å²) >= 11 is 0. The van der Waals surface area contributed by atoms with E-state index in [1.54, 1.807) is 12.1 Å². The molecule has 0 fully saturated rings. The van der Waals surface area contributed by atoms with Crippen molar-refractivity contribution in [2.24, 2.45) is 0 Å². The maximum absolute atomic E-state index is 11.0. The molecule has 0 amide bonds. The summed E-state index contributed by atoms with van der Waals surface area (Å²) in [6.07, 6.45) is 3.68. The normalized spacial score (nSPS) is 11.6. The van der Waals surface area contributed by atoms with Crippen molar-refractivity contribution in [3.63, 3.8) is 0 Å². The molecule has 0 aliphatic rings. The zero-order chi connectivity index (χ0) is 26.7. The standard InChI is InChI=1S/2C14H16O3S.Ca/c2*1-3-10-7-12-5-6-14(18(15,16)17)9-13(12)8-11(10)4-2;/h2*5-9H,3-4H2,1-2H3,(H,15,16,17);/q;;+2/p-2. The minimum absolute atomic E-state index is 0. The Bertz CT molecular complexity index is 1500. The molecule has 6 nitrogen and oxygen atoms in total. The Morgan fingerprint density at radius 1 is 0.486 bits per heavy atom. The number of aryl methyl sites for hydroxylation is 4. The van der Waals surface area contributed by atoms with Gasteiger partial charge in [-0.15, -0.1) is 0 Å². The second-order valence-corrected chi connectivity index (χ2v) is 11.3. The van der Waals surface area contributed by atoms with E-state index in [0.29, 0.717) is 0 Å². The van der Waals surface area contributed by atoms with Crippen LogP contribution in [0.4, 0.5) is 0 Å². The number of fused-ring (bicyclic) bond motifs is 2. The molecule has 192 valence electrons. The van der Waals surface area contributed by atoms with Gasteiger partial charge in [-0.2, -0.15) is 0 Å². The average molecular weight is 567 g/mol. The van der Waals surface area contributed by atoms with Crippen LogP contribution in [0.1, 0.15) is 49.9 Å². The average Bonchev–Trinajstić information content (AvgIpc) is 2.85. The quantitative estimate of drug-likeness (QED) is 0.229. The Labute approximate surface area is 249 Å². The summed E-state index contributed by atoms with van der Waals surface area (Å²) in [6.45, 7) is 8.32. The van der Waals surface area contributed by atoms with Crippen LogP contribution >= 0.6 is 0 Å². The Hall–Kier alpha value is -1.52. The van der Waals surface area contributed by atoms with Crippen molar-refractivity contribution in [2.75, 3.05) is 0 Å². The van der Waals surface area contributed by atoms with Crippen LogP contribution in [0.3, 0.4) is 0 Å². The van der Waals surface area contributed by atoms with Crippen molar-refractivity contribution in [3.8, 4) is 0 Å². The molecule has 0 radical (unpaired) electrons. The van der Waals surface area contributed by atoms with Crippen LogP contribution in [-0.4, -0.2) is 63.7 Å². The van der Waals surface area contributed by atoms with Gasteiger partial charge in [0.1, 0.15) is 20.2 Å². The first-order valence-electron chi connectivity index (χ1n) is 11.9. The second-order valence-electron chi connectivity index (χ2n) is 8.58. The molecule has 0 bridgehead atoms. The molecule has 0 N–H and O–H groups in total. The van der Waals surface area contributed by atoms with Crippen molar-refractivity contribution in [3.05, 3.63) is 82.9 Å². The molecule has 0 aromatic heterocycles. The summed E-state index contributed by atoms with van der Waals surface area (Å²) in [5.74, 6) is 0. The molecule has 0 aliphatic heterocycles. The molecule has 0 heterocycles. The minimum atomic E-state index is -4.38. The van der Waals surface area contributed by atoms with E-state index in [-0.39, 0.29) is 47.5 Å². The van der Waals surface area contributed by atoms with E-state index in [1.807, 2.05) is 12.1 Å². The first-order chi connectivity index (χ1) is 16.9. The molecule has 4 aromatic carbocycles. The second kappa shape index (κ2) is 13.0. The number of benzene rings is 4. The monoisotopic (exact) mass is 566 g/mol. The largest absolute Gasteiger partial charge is 2.00 e. The van der Waals surface area contributed by atoms with E-state index in [2.05, 4.69) is 39.8 Å². The fraction of sp³-hybridized carbons (Fsp3) is 0.286. The zero-order valence-corrected chi connectivity index (χ0v) is 25.4. The third-order valence-corrected chi connectivity index (χ3v) is 8.02. The van der Waals surface area contributed by atoms with E-state index >= 15 is 0 Å². The van der Waals surface area contributed by atoms with Gasteiger partial charge in [-0.05, 0) is 93.7 Å². The van der Waals surface area contributed by atoms with Gasteiger partial charge in [-0.1, -0.05) is 64.1 Å². The molecule has 0 saturated heterocycles. The van der Waals surface area contributed by atoms with E-state index in [4.69, 9.17) is 0 Å². The van der Waals surface area contributed by atoms with Crippen molar-refractivity contribution in [2.45, 2.75) is 63.2 Å². The summed E-state index contributed by atoms with van der Waals surface area (Å²) in [6, 6.07) is 17.1. The van der Waals surface area contributed by atoms with Gasteiger partial charge >= 0.3 is 37.7 Å². The smallest absolute Gasteiger partial charge is 0.744 e. The summed E-state index contributed by atoms with van der Waals surface area (Å²) < 4.78 is 66.0. The van der Waals surface area contributed by atoms with Crippen LogP contribution in [0.2, 0.25) is 0 Å². The molecule has 0 saturated carbocycles. The number of rotatable bonds is 6. The number of hydrogen-bond acceptors (Lipinski definition) is 6. The Morgan fingerprint density at radius 2 is 0.757 bits per heavy atom. The SMILES string of the molecule is CCc1cc2ccc(S(=O)(=O)[O-])cc2cc1CC.CCc1cc2ccc(S(=O)(=O)[O-])cc2cc1CC.[Ca+2]. The summed E-state index contributed by atoms with van der Waals surface area (Å²) in [4.78, 5) is -0.331. The molecule has 9 heteroatoms. The number of hydrogen-bond donors (Lipinski definition) is 0. The predicted octanol–water partition coefficient (Wildman–Crippen LogP) is 5.36. The third kappa shape index (κ3) is 7.76. The molecular formula is C28H30CaO6S2. The minimum Gasteiger partial charge on any atom is -0.744 e. The topological polar surface area (TPSA) is 114 Å². The van der Waals surface area contributed by atoms with Crippen LogP contribution in [0, 0.1) is 0 Å². The van der Waals surface area contributed by atoms with Crippen molar-refractivity contribution < 1.29 is 25.9 Å². The van der Waals surface area contributed by atoms with Crippen molar-refractivity contribution in [1.82, 2.24) is 0 Å².